The third kappa shape index (κ3) is 4.79. The molecule has 1 aliphatic rings. The Balaban J connectivity index is 2.49. The molecule has 0 aliphatic carbocycles. The average Bonchev–Trinajstić information content (AvgIpc) is 2.61. The lowest BCUT2D eigenvalue weighted by molar-refractivity contribution is -0.00521. The second kappa shape index (κ2) is 8.43. The van der Waals surface area contributed by atoms with Gasteiger partial charge in [0.15, 0.2) is 9.84 Å². The summed E-state index contributed by atoms with van der Waals surface area (Å²) in [7, 11) is -3.54. The molecule has 144 valence electrons. The number of nitriles is 2. The van der Waals surface area contributed by atoms with E-state index in [1.165, 1.54) is 6.20 Å². The molecule has 1 aromatic rings. The average molecular weight is 388 g/mol. The number of allylic oxidation sites excluding steroid dienone is 1. The van der Waals surface area contributed by atoms with Gasteiger partial charge in [0, 0.05) is 25.0 Å². The zero-order valence-electron chi connectivity index (χ0n) is 15.9. The second-order valence-electron chi connectivity index (χ2n) is 6.86. The number of morpholine rings is 1. The first kappa shape index (κ1) is 20.8. The van der Waals surface area contributed by atoms with E-state index < -0.39 is 15.1 Å². The van der Waals surface area contributed by atoms with E-state index in [0.29, 0.717) is 18.8 Å². The highest BCUT2D eigenvalue weighted by molar-refractivity contribution is 7.92. The van der Waals surface area contributed by atoms with Gasteiger partial charge < -0.3 is 15.0 Å². The van der Waals surface area contributed by atoms with Crippen molar-refractivity contribution in [1.82, 2.24) is 0 Å². The molecule has 1 N–H and O–H groups in total. The smallest absolute Gasteiger partial charge is 0.182 e. The summed E-state index contributed by atoms with van der Waals surface area (Å²) >= 11 is 0. The topological polar surface area (TPSA) is 106 Å². The molecule has 0 bridgehead atoms. The van der Waals surface area contributed by atoms with E-state index in [4.69, 9.17) is 15.3 Å². The van der Waals surface area contributed by atoms with Crippen LogP contribution in [0.15, 0.2) is 34.9 Å². The van der Waals surface area contributed by atoms with Gasteiger partial charge in [0.2, 0.25) is 0 Å². The lowest BCUT2D eigenvalue weighted by Crippen LogP contribution is -2.45. The normalized spacial score (nSPS) is 19.9. The fourth-order valence-corrected chi connectivity index (χ4v) is 4.15. The van der Waals surface area contributed by atoms with Gasteiger partial charge in [0.05, 0.1) is 28.0 Å². The van der Waals surface area contributed by atoms with Gasteiger partial charge in [-0.25, -0.2) is 8.42 Å². The van der Waals surface area contributed by atoms with Crippen molar-refractivity contribution < 1.29 is 13.2 Å². The van der Waals surface area contributed by atoms with Crippen LogP contribution < -0.4 is 10.2 Å². The highest BCUT2D eigenvalue weighted by Gasteiger charge is 2.26. The summed E-state index contributed by atoms with van der Waals surface area (Å²) in [6.45, 7) is 8.60. The number of hydrogen-bond acceptors (Lipinski definition) is 7. The minimum Gasteiger partial charge on any atom is -0.372 e. The minimum absolute atomic E-state index is 0.0629. The zero-order chi connectivity index (χ0) is 20.2. The first-order chi connectivity index (χ1) is 12.7. The summed E-state index contributed by atoms with van der Waals surface area (Å²) in [6.07, 6.45) is 1.35. The highest BCUT2D eigenvalue weighted by Crippen LogP contribution is 2.31. The minimum atomic E-state index is -3.54. The van der Waals surface area contributed by atoms with Crippen molar-refractivity contribution in [2.75, 3.05) is 23.3 Å². The molecule has 0 spiro atoms. The van der Waals surface area contributed by atoms with Crippen LogP contribution >= 0.6 is 0 Å². The van der Waals surface area contributed by atoms with Gasteiger partial charge in [-0.15, -0.1) is 0 Å². The van der Waals surface area contributed by atoms with Crippen molar-refractivity contribution in [2.24, 2.45) is 0 Å². The largest absolute Gasteiger partial charge is 0.372 e. The molecule has 1 aliphatic heterocycles. The van der Waals surface area contributed by atoms with Crippen LogP contribution in [0.2, 0.25) is 0 Å². The number of ether oxygens (including phenoxy) is 1. The first-order valence-electron chi connectivity index (χ1n) is 8.74. The molecule has 0 saturated carbocycles. The summed E-state index contributed by atoms with van der Waals surface area (Å²) in [4.78, 5) is 2.27. The molecule has 0 aromatic heterocycles. The number of anilines is 2. The van der Waals surface area contributed by atoms with Crippen LogP contribution in [-0.4, -0.2) is 39.0 Å². The predicted octanol–water partition coefficient (Wildman–Crippen LogP) is 2.83. The van der Waals surface area contributed by atoms with Crippen molar-refractivity contribution in [2.45, 2.75) is 50.0 Å². The van der Waals surface area contributed by atoms with Crippen molar-refractivity contribution in [3.05, 3.63) is 30.0 Å². The lowest BCUT2D eigenvalue weighted by Gasteiger charge is -2.37. The van der Waals surface area contributed by atoms with Gasteiger partial charge in [0.1, 0.15) is 17.7 Å². The third-order valence-corrected chi connectivity index (χ3v) is 6.50. The number of rotatable bonds is 5. The van der Waals surface area contributed by atoms with E-state index >= 15 is 0 Å². The molecule has 7 nitrogen and oxygen atoms in total. The van der Waals surface area contributed by atoms with E-state index in [-0.39, 0.29) is 22.7 Å². The number of nitrogens with one attached hydrogen (secondary N) is 1. The summed E-state index contributed by atoms with van der Waals surface area (Å²) in [5, 5.41) is 20.1. The van der Waals surface area contributed by atoms with Gasteiger partial charge >= 0.3 is 0 Å². The molecule has 0 amide bonds. The Morgan fingerprint density at radius 1 is 1.26 bits per heavy atom. The Bertz CT molecular complexity index is 884. The molecular formula is C19H24N4O3S. The van der Waals surface area contributed by atoms with Crippen molar-refractivity contribution in [3.63, 3.8) is 0 Å². The Morgan fingerprint density at radius 3 is 2.37 bits per heavy atom. The Kier molecular flexibility index (Phi) is 6.48. The maximum Gasteiger partial charge on any atom is 0.182 e. The Hall–Kier alpha value is -2.55. The Morgan fingerprint density at radius 2 is 1.85 bits per heavy atom. The van der Waals surface area contributed by atoms with Crippen molar-refractivity contribution >= 4 is 21.2 Å². The summed E-state index contributed by atoms with van der Waals surface area (Å²) in [5.41, 5.74) is 1.06. The molecule has 1 heterocycles. The highest BCUT2D eigenvalue weighted by atomic mass is 32.2. The fraction of sp³-hybridized carbons (Fsp3) is 0.474. The number of benzene rings is 1. The molecule has 1 fully saturated rings. The van der Waals surface area contributed by atoms with Gasteiger partial charge in [-0.05, 0) is 45.9 Å². The predicted molar refractivity (Wildman–Crippen MR) is 104 cm³/mol. The summed E-state index contributed by atoms with van der Waals surface area (Å²) < 4.78 is 31.2. The van der Waals surface area contributed by atoms with Crippen LogP contribution in [0.5, 0.6) is 0 Å². The summed E-state index contributed by atoms with van der Waals surface area (Å²) in [5.74, 6) is 0. The standard InChI is InChI=1S/C19H24N4O3S/c1-13(2)27(24,25)19-6-5-17(23-11-14(3)26-15(4)12-23)7-18(19)22-10-16(8-20)9-21/h5-7,10,13-15,22H,11-12H2,1-4H3. The number of hydrogen-bond donors (Lipinski definition) is 1. The van der Waals surface area contributed by atoms with E-state index in [0.717, 1.165) is 5.69 Å². The number of nitrogens with zero attached hydrogens (tertiary/aromatic N) is 3. The molecule has 27 heavy (non-hydrogen) atoms. The molecule has 2 unspecified atom stereocenters. The van der Waals surface area contributed by atoms with E-state index in [2.05, 4.69) is 10.2 Å². The van der Waals surface area contributed by atoms with Crippen LogP contribution in [0.3, 0.4) is 0 Å². The number of sulfone groups is 1. The first-order valence-corrected chi connectivity index (χ1v) is 10.3. The van der Waals surface area contributed by atoms with Gasteiger partial charge in [-0.1, -0.05) is 0 Å². The second-order valence-corrected chi connectivity index (χ2v) is 9.34. The molecule has 2 atom stereocenters. The molecule has 1 saturated heterocycles. The third-order valence-electron chi connectivity index (χ3n) is 4.29. The van der Waals surface area contributed by atoms with E-state index in [1.54, 1.807) is 44.2 Å². The molecule has 2 rings (SSSR count). The van der Waals surface area contributed by atoms with Gasteiger partial charge in [0.25, 0.3) is 0 Å². The van der Waals surface area contributed by atoms with Crippen molar-refractivity contribution in [3.8, 4) is 12.1 Å². The fourth-order valence-electron chi connectivity index (χ4n) is 2.96. The zero-order valence-corrected chi connectivity index (χ0v) is 16.7. The molecule has 8 heteroatoms. The van der Waals surface area contributed by atoms with Crippen molar-refractivity contribution in [1.29, 1.82) is 10.5 Å². The van der Waals surface area contributed by atoms with E-state index in [1.807, 2.05) is 13.8 Å². The van der Waals surface area contributed by atoms with E-state index in [9.17, 15) is 8.42 Å². The van der Waals surface area contributed by atoms with Crippen LogP contribution in [0.4, 0.5) is 11.4 Å². The van der Waals surface area contributed by atoms with Gasteiger partial charge in [-0.2, -0.15) is 10.5 Å². The van der Waals surface area contributed by atoms with Crippen LogP contribution in [0, 0.1) is 22.7 Å². The van der Waals surface area contributed by atoms with Crippen LogP contribution in [-0.2, 0) is 14.6 Å². The molecule has 0 radical (unpaired) electrons. The van der Waals surface area contributed by atoms with Gasteiger partial charge in [-0.3, -0.25) is 0 Å². The SMILES string of the molecule is CC1CN(c2ccc(S(=O)(=O)C(C)C)c(NC=C(C#N)C#N)c2)CC(C)O1. The monoisotopic (exact) mass is 388 g/mol. The quantitative estimate of drug-likeness (QED) is 0.773. The van der Waals surface area contributed by atoms with Crippen LogP contribution in [0.25, 0.3) is 0 Å². The maximum atomic E-state index is 12.7. The lowest BCUT2D eigenvalue weighted by atomic mass is 10.2. The Labute approximate surface area is 160 Å². The molecule has 1 aromatic carbocycles. The summed E-state index contributed by atoms with van der Waals surface area (Å²) in [6, 6.07) is 8.60. The molecular weight excluding hydrogens is 364 g/mol. The van der Waals surface area contributed by atoms with Crippen LogP contribution in [0.1, 0.15) is 27.7 Å². The maximum absolute atomic E-state index is 12.7.